The number of hydrogen-bond donors (Lipinski definition) is 2. The summed E-state index contributed by atoms with van der Waals surface area (Å²) in [5, 5.41) is 19.8. The number of aromatic hydroxyl groups is 1. The van der Waals surface area contributed by atoms with Crippen molar-refractivity contribution in [3.63, 3.8) is 0 Å². The Balaban J connectivity index is 1.28. The number of nitrogens with zero attached hydrogens (tertiary/aromatic N) is 1. The third kappa shape index (κ3) is 3.87. The van der Waals surface area contributed by atoms with Crippen molar-refractivity contribution < 1.29 is 14.9 Å². The van der Waals surface area contributed by atoms with E-state index in [1.54, 1.807) is 24.3 Å². The van der Waals surface area contributed by atoms with Crippen LogP contribution in [0.2, 0.25) is 0 Å². The first kappa shape index (κ1) is 17.4. The molecule has 1 heterocycles. The Bertz CT molecular complexity index is 714. The van der Waals surface area contributed by atoms with Crippen molar-refractivity contribution in [3.8, 4) is 11.5 Å². The predicted octanol–water partition coefficient (Wildman–Crippen LogP) is 3.52. The molecule has 1 aliphatic carbocycles. The van der Waals surface area contributed by atoms with Gasteiger partial charge in [0, 0.05) is 19.6 Å². The zero-order valence-electron chi connectivity index (χ0n) is 15.2. The summed E-state index contributed by atoms with van der Waals surface area (Å²) in [6.07, 6.45) is 2.01. The van der Waals surface area contributed by atoms with Crippen LogP contribution < -0.4 is 4.74 Å². The minimum atomic E-state index is -0.506. The summed E-state index contributed by atoms with van der Waals surface area (Å²) in [4.78, 5) is 2.37. The number of aryl methyl sites for hydroxylation is 1. The van der Waals surface area contributed by atoms with Crippen LogP contribution in [0.4, 0.5) is 0 Å². The fraction of sp³-hybridized carbons (Fsp3) is 0.455. The molecule has 0 spiro atoms. The number of benzene rings is 2. The molecule has 2 aromatic rings. The molecule has 1 aliphatic heterocycles. The zero-order chi connectivity index (χ0) is 18.1. The lowest BCUT2D eigenvalue weighted by Crippen LogP contribution is -2.28. The summed E-state index contributed by atoms with van der Waals surface area (Å²) in [6, 6.07) is 15.2. The highest BCUT2D eigenvalue weighted by Crippen LogP contribution is 2.40. The molecular formula is C22H27NO3. The molecule has 0 amide bonds. The number of phenols is 1. The average molecular weight is 353 g/mol. The first-order chi connectivity index (χ1) is 12.6. The van der Waals surface area contributed by atoms with Gasteiger partial charge in [0.25, 0.3) is 0 Å². The third-order valence-corrected chi connectivity index (χ3v) is 5.82. The molecule has 2 aliphatic rings. The third-order valence-electron chi connectivity index (χ3n) is 5.82. The molecule has 2 aromatic carbocycles. The van der Waals surface area contributed by atoms with Gasteiger partial charge in [-0.15, -0.1) is 0 Å². The van der Waals surface area contributed by atoms with E-state index in [-0.39, 0.29) is 5.75 Å². The molecule has 1 unspecified atom stereocenters. The number of phenolic OH excluding ortho intramolecular Hbond substituents is 1. The summed E-state index contributed by atoms with van der Waals surface area (Å²) in [6.45, 7) is 4.81. The molecule has 4 nitrogen and oxygen atoms in total. The number of aliphatic hydroxyl groups is 1. The summed E-state index contributed by atoms with van der Waals surface area (Å²) in [7, 11) is 0. The van der Waals surface area contributed by atoms with Crippen LogP contribution in [-0.2, 0) is 0 Å². The van der Waals surface area contributed by atoms with Crippen molar-refractivity contribution >= 4 is 0 Å². The number of aliphatic hydroxyl groups excluding tert-OH is 1. The number of likely N-dealkylation sites (tertiary alicyclic amines) is 1. The highest BCUT2D eigenvalue weighted by Gasteiger charge is 2.42. The molecule has 1 saturated heterocycles. The Morgan fingerprint density at radius 1 is 1.00 bits per heavy atom. The van der Waals surface area contributed by atoms with E-state index in [2.05, 4.69) is 36.1 Å². The van der Waals surface area contributed by atoms with Crippen molar-refractivity contribution in [2.24, 2.45) is 11.8 Å². The second-order valence-electron chi connectivity index (χ2n) is 7.87. The number of fused-ring (bicyclic) bond motifs is 1. The van der Waals surface area contributed by atoms with E-state index in [9.17, 15) is 10.2 Å². The lowest BCUT2D eigenvalue weighted by atomic mass is 10.0. The van der Waals surface area contributed by atoms with E-state index in [0.29, 0.717) is 24.5 Å². The Morgan fingerprint density at radius 3 is 2.23 bits per heavy atom. The number of rotatable bonds is 5. The fourth-order valence-corrected chi connectivity index (χ4v) is 4.44. The first-order valence-corrected chi connectivity index (χ1v) is 9.49. The molecule has 4 atom stereocenters. The van der Waals surface area contributed by atoms with E-state index in [4.69, 9.17) is 4.74 Å². The standard InChI is InChI=1S/C22H27NO3/c1-15-2-8-20(9-3-15)26-21-10-17-12-23(13-18(17)11-21)14-22(25)16-4-6-19(24)7-5-16/h2-9,17-18,21-22,24-25H,10-14H2,1H3/t17-,18+,21+,22?. The molecule has 2 N–H and O–H groups in total. The molecular weight excluding hydrogens is 326 g/mol. The normalized spacial score (nSPS) is 26.6. The average Bonchev–Trinajstić information content (AvgIpc) is 3.15. The van der Waals surface area contributed by atoms with E-state index in [1.807, 2.05) is 0 Å². The van der Waals surface area contributed by atoms with Gasteiger partial charge in [-0.2, -0.15) is 0 Å². The zero-order valence-corrected chi connectivity index (χ0v) is 15.2. The maximum absolute atomic E-state index is 10.5. The Hall–Kier alpha value is -2.04. The first-order valence-electron chi connectivity index (χ1n) is 9.49. The number of β-amino-alcohol motifs (C(OH)–C–C–N with tert-alkyl or cyclic N) is 1. The molecule has 0 radical (unpaired) electrons. The van der Waals surface area contributed by atoms with Crippen LogP contribution in [0, 0.1) is 18.8 Å². The van der Waals surface area contributed by atoms with E-state index in [0.717, 1.165) is 37.2 Å². The Kier molecular flexibility index (Phi) is 4.88. The summed E-state index contributed by atoms with van der Waals surface area (Å²) >= 11 is 0. The van der Waals surface area contributed by atoms with Gasteiger partial charge in [0.05, 0.1) is 12.2 Å². The van der Waals surface area contributed by atoms with Crippen molar-refractivity contribution in [1.82, 2.24) is 4.90 Å². The Labute approximate surface area is 155 Å². The van der Waals surface area contributed by atoms with Crippen LogP contribution in [0.3, 0.4) is 0 Å². The van der Waals surface area contributed by atoms with Gasteiger partial charge in [0.2, 0.25) is 0 Å². The molecule has 0 bridgehead atoms. The lowest BCUT2D eigenvalue weighted by Gasteiger charge is -2.22. The predicted molar refractivity (Wildman–Crippen MR) is 101 cm³/mol. The second-order valence-corrected chi connectivity index (χ2v) is 7.87. The smallest absolute Gasteiger partial charge is 0.119 e. The monoisotopic (exact) mass is 353 g/mol. The van der Waals surface area contributed by atoms with Crippen molar-refractivity contribution in [3.05, 3.63) is 59.7 Å². The van der Waals surface area contributed by atoms with Gasteiger partial charge in [0.15, 0.2) is 0 Å². The molecule has 138 valence electrons. The van der Waals surface area contributed by atoms with Gasteiger partial charge < -0.3 is 14.9 Å². The van der Waals surface area contributed by atoms with Crippen LogP contribution in [0.15, 0.2) is 48.5 Å². The fourth-order valence-electron chi connectivity index (χ4n) is 4.44. The molecule has 1 saturated carbocycles. The van der Waals surface area contributed by atoms with Crippen molar-refractivity contribution in [2.45, 2.75) is 32.0 Å². The van der Waals surface area contributed by atoms with Crippen LogP contribution >= 0.6 is 0 Å². The van der Waals surface area contributed by atoms with Crippen LogP contribution in [0.25, 0.3) is 0 Å². The van der Waals surface area contributed by atoms with Gasteiger partial charge in [-0.1, -0.05) is 29.8 Å². The molecule has 2 fully saturated rings. The lowest BCUT2D eigenvalue weighted by molar-refractivity contribution is 0.116. The molecule has 0 aromatic heterocycles. The maximum Gasteiger partial charge on any atom is 0.119 e. The van der Waals surface area contributed by atoms with Crippen molar-refractivity contribution in [2.75, 3.05) is 19.6 Å². The molecule has 4 heteroatoms. The maximum atomic E-state index is 10.5. The summed E-state index contributed by atoms with van der Waals surface area (Å²) in [5.74, 6) is 2.53. The van der Waals surface area contributed by atoms with Crippen molar-refractivity contribution in [1.29, 1.82) is 0 Å². The highest BCUT2D eigenvalue weighted by molar-refractivity contribution is 5.28. The summed E-state index contributed by atoms with van der Waals surface area (Å²) < 4.78 is 6.17. The van der Waals surface area contributed by atoms with Crippen LogP contribution in [-0.4, -0.2) is 40.9 Å². The topological polar surface area (TPSA) is 52.9 Å². The minimum Gasteiger partial charge on any atom is -0.508 e. The largest absolute Gasteiger partial charge is 0.508 e. The van der Waals surface area contributed by atoms with Gasteiger partial charge in [-0.3, -0.25) is 4.90 Å². The van der Waals surface area contributed by atoms with Crippen LogP contribution in [0.1, 0.15) is 30.1 Å². The molecule has 4 rings (SSSR count). The van der Waals surface area contributed by atoms with E-state index in [1.165, 1.54) is 5.56 Å². The number of hydrogen-bond acceptors (Lipinski definition) is 4. The SMILES string of the molecule is Cc1ccc(O[C@H]2C[C@@H]3CN(CC(O)c4ccc(O)cc4)C[C@@H]3C2)cc1. The van der Waals surface area contributed by atoms with Gasteiger partial charge in [-0.05, 0) is 61.4 Å². The Morgan fingerprint density at radius 2 is 1.62 bits per heavy atom. The summed E-state index contributed by atoms with van der Waals surface area (Å²) in [5.41, 5.74) is 2.11. The van der Waals surface area contributed by atoms with E-state index >= 15 is 0 Å². The second kappa shape index (κ2) is 7.29. The van der Waals surface area contributed by atoms with Gasteiger partial charge >= 0.3 is 0 Å². The minimum absolute atomic E-state index is 0.233. The van der Waals surface area contributed by atoms with Gasteiger partial charge in [-0.25, -0.2) is 0 Å². The quantitative estimate of drug-likeness (QED) is 0.863. The number of ether oxygens (including phenoxy) is 1. The van der Waals surface area contributed by atoms with Crippen LogP contribution in [0.5, 0.6) is 11.5 Å². The van der Waals surface area contributed by atoms with E-state index < -0.39 is 6.10 Å². The molecule has 26 heavy (non-hydrogen) atoms. The highest BCUT2D eigenvalue weighted by atomic mass is 16.5. The van der Waals surface area contributed by atoms with Gasteiger partial charge in [0.1, 0.15) is 11.5 Å².